The number of β-amino-alcohol motifs (C(OH)–C–C–N with tert-alkyl or cyclic N) is 1. The van der Waals surface area contributed by atoms with Crippen LogP contribution in [0.1, 0.15) is 73.8 Å². The molecule has 3 aromatic carbocycles. The van der Waals surface area contributed by atoms with Crippen molar-refractivity contribution >= 4 is 17.2 Å². The number of alkyl halides is 3. The molecule has 0 aromatic heterocycles. The lowest BCUT2D eigenvalue weighted by atomic mass is 9.83. The van der Waals surface area contributed by atoms with Crippen molar-refractivity contribution in [2.24, 2.45) is 0 Å². The van der Waals surface area contributed by atoms with Gasteiger partial charge in [0.25, 0.3) is 5.69 Å². The Labute approximate surface area is 286 Å². The van der Waals surface area contributed by atoms with Crippen molar-refractivity contribution in [1.82, 2.24) is 4.90 Å². The zero-order valence-electron chi connectivity index (χ0n) is 28.7. The van der Waals surface area contributed by atoms with Crippen molar-refractivity contribution in [3.8, 4) is 5.75 Å². The number of hydrogen-bond acceptors (Lipinski definition) is 7. The molecule has 266 valence electrons. The van der Waals surface area contributed by atoms with Gasteiger partial charge in [0.15, 0.2) is 5.60 Å². The predicted octanol–water partition coefficient (Wildman–Crippen LogP) is 8.41. The van der Waals surface area contributed by atoms with E-state index < -0.39 is 23.2 Å². The lowest BCUT2D eigenvalue weighted by Gasteiger charge is -2.39. The maximum absolute atomic E-state index is 14.7. The Morgan fingerprint density at radius 2 is 1.78 bits per heavy atom. The van der Waals surface area contributed by atoms with E-state index >= 15 is 0 Å². The van der Waals surface area contributed by atoms with Gasteiger partial charge in [-0.15, -0.1) is 0 Å². The minimum Gasteiger partial charge on any atom is -0.494 e. The Balaban J connectivity index is 0.000000710. The predicted molar refractivity (Wildman–Crippen MR) is 184 cm³/mol. The Kier molecular flexibility index (Phi) is 14.8. The quantitative estimate of drug-likeness (QED) is 0.0788. The van der Waals surface area contributed by atoms with Crippen LogP contribution in [-0.2, 0) is 28.9 Å². The zero-order chi connectivity index (χ0) is 36.0. The third-order valence-electron chi connectivity index (χ3n) is 8.53. The number of fused-ring (bicyclic) bond motifs is 1. The van der Waals surface area contributed by atoms with Crippen LogP contribution in [-0.4, -0.2) is 59.5 Å². The van der Waals surface area contributed by atoms with Crippen LogP contribution in [0.4, 0.5) is 18.9 Å². The summed E-state index contributed by atoms with van der Waals surface area (Å²) in [4.78, 5) is 23.5. The van der Waals surface area contributed by atoms with Crippen LogP contribution in [0.2, 0.25) is 0 Å². The van der Waals surface area contributed by atoms with E-state index in [0.29, 0.717) is 44.6 Å². The summed E-state index contributed by atoms with van der Waals surface area (Å²) in [7, 11) is 1.33. The smallest absolute Gasteiger partial charge is 0.422 e. The van der Waals surface area contributed by atoms with Gasteiger partial charge in [-0.1, -0.05) is 69.2 Å². The summed E-state index contributed by atoms with van der Waals surface area (Å²) in [5.74, 6) is 0.300. The van der Waals surface area contributed by atoms with E-state index in [2.05, 4.69) is 35.9 Å². The van der Waals surface area contributed by atoms with E-state index in [1.807, 2.05) is 25.1 Å². The maximum atomic E-state index is 14.7. The minimum absolute atomic E-state index is 0.137. The van der Waals surface area contributed by atoms with Crippen molar-refractivity contribution in [2.45, 2.75) is 84.0 Å². The number of unbranched alkanes of at least 4 members (excludes halogenated alkanes) is 2. The molecule has 0 amide bonds. The SMILES string of the molecule is CCCC/C=C(\c1ccc([N+](=O)[O-])cc1C)C(O)(CN1CCc2cc(OCCCC(=O)OC)ccc2C1)C(F)(F)F.CCc1ccccc1. The van der Waals surface area contributed by atoms with Crippen LogP contribution in [0, 0.1) is 17.0 Å². The molecule has 0 fully saturated rings. The second kappa shape index (κ2) is 18.5. The van der Waals surface area contributed by atoms with Crippen LogP contribution in [0.25, 0.3) is 5.57 Å². The number of esters is 1. The van der Waals surface area contributed by atoms with Gasteiger partial charge >= 0.3 is 12.1 Å². The third kappa shape index (κ3) is 11.2. The second-order valence-electron chi connectivity index (χ2n) is 12.1. The number of carbonyl (C=O) groups is 1. The average Bonchev–Trinajstić information content (AvgIpc) is 3.08. The molecule has 0 spiro atoms. The van der Waals surface area contributed by atoms with E-state index in [-0.39, 0.29) is 41.3 Å². The topological polar surface area (TPSA) is 102 Å². The molecule has 1 unspecified atom stereocenters. The first kappa shape index (κ1) is 39.2. The highest BCUT2D eigenvalue weighted by atomic mass is 19.4. The fourth-order valence-corrected chi connectivity index (χ4v) is 5.70. The highest BCUT2D eigenvalue weighted by Gasteiger charge is 2.57. The summed E-state index contributed by atoms with van der Waals surface area (Å²) in [6.07, 6.45) is 0.485. The van der Waals surface area contributed by atoms with Gasteiger partial charge in [0.05, 0.1) is 18.6 Å². The molecule has 8 nitrogen and oxygen atoms in total. The first-order chi connectivity index (χ1) is 23.3. The molecular weight excluding hydrogens is 637 g/mol. The van der Waals surface area contributed by atoms with Crippen LogP contribution in [0.3, 0.4) is 0 Å². The second-order valence-corrected chi connectivity index (χ2v) is 12.1. The minimum atomic E-state index is -5.00. The van der Waals surface area contributed by atoms with Crippen molar-refractivity contribution in [2.75, 3.05) is 26.8 Å². The van der Waals surface area contributed by atoms with E-state index in [1.54, 1.807) is 11.0 Å². The largest absolute Gasteiger partial charge is 0.494 e. The molecule has 11 heteroatoms. The molecule has 1 aliphatic heterocycles. The number of allylic oxidation sites excluding steroid dienone is 1. The maximum Gasteiger partial charge on any atom is 0.422 e. The summed E-state index contributed by atoms with van der Waals surface area (Å²) < 4.78 is 54.6. The number of hydrogen-bond donors (Lipinski definition) is 1. The average molecular weight is 685 g/mol. The molecule has 0 bridgehead atoms. The van der Waals surface area contributed by atoms with E-state index in [0.717, 1.165) is 24.0 Å². The number of carbonyl (C=O) groups excluding carboxylic acids is 1. The fraction of sp³-hybridized carbons (Fsp3) is 0.447. The number of benzene rings is 3. The van der Waals surface area contributed by atoms with E-state index in [1.165, 1.54) is 43.9 Å². The number of ether oxygens (including phenoxy) is 2. The molecule has 3 aromatic rings. The first-order valence-corrected chi connectivity index (χ1v) is 16.7. The van der Waals surface area contributed by atoms with Crippen molar-refractivity contribution < 1.29 is 37.5 Å². The molecule has 0 saturated carbocycles. The monoisotopic (exact) mass is 684 g/mol. The van der Waals surface area contributed by atoms with Gasteiger partial charge in [0, 0.05) is 38.2 Å². The Hall–Kier alpha value is -4.22. The number of methoxy groups -OCH3 is 1. The van der Waals surface area contributed by atoms with Crippen LogP contribution >= 0.6 is 0 Å². The van der Waals surface area contributed by atoms with Crippen molar-refractivity contribution in [1.29, 1.82) is 0 Å². The molecule has 0 saturated heterocycles. The number of aliphatic hydroxyl groups is 1. The first-order valence-electron chi connectivity index (χ1n) is 16.7. The molecule has 0 aliphatic carbocycles. The van der Waals surface area contributed by atoms with Crippen LogP contribution in [0.15, 0.2) is 72.8 Å². The number of halogens is 3. The molecule has 1 heterocycles. The number of aryl methyl sites for hydroxylation is 2. The molecule has 1 atom stereocenters. The van der Waals surface area contributed by atoms with Gasteiger partial charge in [-0.25, -0.2) is 0 Å². The number of nitrogens with zero attached hydrogens (tertiary/aromatic N) is 2. The van der Waals surface area contributed by atoms with Gasteiger partial charge in [-0.3, -0.25) is 19.8 Å². The number of non-ortho nitro benzene ring substituents is 1. The molecule has 1 aliphatic rings. The number of rotatable bonds is 14. The summed E-state index contributed by atoms with van der Waals surface area (Å²) in [6.45, 7) is 5.74. The van der Waals surface area contributed by atoms with Crippen molar-refractivity contribution in [3.05, 3.63) is 111 Å². The van der Waals surface area contributed by atoms with Gasteiger partial charge in [0.2, 0.25) is 0 Å². The van der Waals surface area contributed by atoms with E-state index in [9.17, 15) is 33.2 Å². The fourth-order valence-electron chi connectivity index (χ4n) is 5.70. The van der Waals surface area contributed by atoms with Gasteiger partial charge in [0.1, 0.15) is 5.75 Å². The highest BCUT2D eigenvalue weighted by Crippen LogP contribution is 2.44. The Morgan fingerprint density at radius 3 is 2.37 bits per heavy atom. The lowest BCUT2D eigenvalue weighted by molar-refractivity contribution is -0.384. The molecular formula is C38H47F3N2O6. The van der Waals surface area contributed by atoms with Gasteiger partial charge in [-0.05, 0) is 84.2 Å². The number of nitro groups is 1. The number of nitro benzene ring substituents is 1. The van der Waals surface area contributed by atoms with Gasteiger partial charge in [-0.2, -0.15) is 13.2 Å². The molecule has 1 N–H and O–H groups in total. The summed E-state index contributed by atoms with van der Waals surface area (Å²) in [6, 6.07) is 19.5. The van der Waals surface area contributed by atoms with Gasteiger partial charge < -0.3 is 14.6 Å². The lowest BCUT2D eigenvalue weighted by Crippen LogP contribution is -2.55. The third-order valence-corrected chi connectivity index (χ3v) is 8.53. The van der Waals surface area contributed by atoms with Crippen LogP contribution < -0.4 is 4.74 Å². The summed E-state index contributed by atoms with van der Waals surface area (Å²) in [5, 5.41) is 22.7. The van der Waals surface area contributed by atoms with Crippen molar-refractivity contribution in [3.63, 3.8) is 0 Å². The Bertz CT molecular complexity index is 1560. The Morgan fingerprint density at radius 1 is 1.04 bits per heavy atom. The highest BCUT2D eigenvalue weighted by molar-refractivity contribution is 5.76. The molecule has 49 heavy (non-hydrogen) atoms. The normalized spacial score (nSPS) is 14.6. The standard InChI is InChI=1S/C30H37F3N2O6.C8H10/c1-4-5-6-8-27(26-13-11-24(35(38)39)17-21(26)2)29(37,30(31,32)33)20-34-15-14-22-18-25(12-10-23(22)19-34)41-16-7-9-28(36)40-3;1-2-8-6-4-3-5-7-8/h8,10-13,17-18,37H,4-7,9,14-16,19-20H2,1-3H3;3-7H,2H2,1H3/b27-8+;. The summed E-state index contributed by atoms with van der Waals surface area (Å²) in [5.41, 5.74) is -0.0838. The molecule has 4 rings (SSSR count). The zero-order valence-corrected chi connectivity index (χ0v) is 28.7. The van der Waals surface area contributed by atoms with E-state index in [4.69, 9.17) is 4.74 Å². The summed E-state index contributed by atoms with van der Waals surface area (Å²) >= 11 is 0. The van der Waals surface area contributed by atoms with Crippen LogP contribution in [0.5, 0.6) is 5.75 Å². The molecule has 0 radical (unpaired) electrons.